The number of allylic oxidation sites excluding steroid dienone is 1. The van der Waals surface area contributed by atoms with E-state index in [4.69, 9.17) is 15.9 Å². The van der Waals surface area contributed by atoms with Gasteiger partial charge in [0, 0.05) is 60.0 Å². The summed E-state index contributed by atoms with van der Waals surface area (Å²) in [5, 5.41) is 9.21. The second-order valence-electron chi connectivity index (χ2n) is 30.7. The van der Waals surface area contributed by atoms with Gasteiger partial charge >= 0.3 is 7.12 Å². The number of nitrogens with zero attached hydrogens (tertiary/aromatic N) is 11. The first-order valence-corrected chi connectivity index (χ1v) is 40.0. The van der Waals surface area contributed by atoms with E-state index in [0.29, 0.717) is 27.7 Å². The predicted molar refractivity (Wildman–Crippen MR) is 464 cm³/mol. The van der Waals surface area contributed by atoms with Crippen LogP contribution < -0.4 is 20.2 Å². The van der Waals surface area contributed by atoms with E-state index in [9.17, 15) is 14.9 Å². The molecule has 0 bridgehead atoms. The van der Waals surface area contributed by atoms with Gasteiger partial charge in [0.05, 0.1) is 93.2 Å². The van der Waals surface area contributed by atoms with Crippen molar-refractivity contribution in [2.45, 2.75) is 96.7 Å². The summed E-state index contributed by atoms with van der Waals surface area (Å²) in [6.07, 6.45) is 3.21. The van der Waals surface area contributed by atoms with E-state index in [1.165, 1.54) is 61.8 Å². The van der Waals surface area contributed by atoms with Crippen molar-refractivity contribution in [2.24, 2.45) is 0 Å². The molecule has 0 unspecified atom stereocenters. The molecule has 0 spiro atoms. The first kappa shape index (κ1) is 75.1. The quantitative estimate of drug-likeness (QED) is 0.0579. The zero-order chi connectivity index (χ0) is 78.7. The smallest absolute Gasteiger partial charge is 0.399 e. The molecule has 15 nitrogen and oxygen atoms in total. The first-order valence-electron chi connectivity index (χ1n) is 37.0. The normalized spacial score (nSPS) is 15.4. The number of rotatable bonds is 9. The molecule has 1 saturated heterocycles. The van der Waals surface area contributed by atoms with Crippen LogP contribution in [0.4, 0.5) is 51.2 Å². The average molecular weight is 1600 g/mol. The third-order valence-electron chi connectivity index (χ3n) is 22.5. The molecule has 0 N–H and O–H groups in total. The molecule has 3 aromatic heterocycles. The Morgan fingerprint density at radius 1 is 0.407 bits per heavy atom. The summed E-state index contributed by atoms with van der Waals surface area (Å²) in [7, 11) is -0.367. The number of nitriles is 1. The fourth-order valence-electron chi connectivity index (χ4n) is 15.8. The first-order chi connectivity index (χ1) is 54.6. The van der Waals surface area contributed by atoms with Crippen LogP contribution >= 0.6 is 51.1 Å². The van der Waals surface area contributed by atoms with Crippen molar-refractivity contribution in [3.05, 3.63) is 326 Å². The molecule has 15 aromatic rings. The average Bonchev–Trinajstić information content (AvgIpc) is 1.58. The van der Waals surface area contributed by atoms with E-state index in [2.05, 4.69) is 337 Å². The number of carbonyl (C=O) groups is 2. The Balaban J connectivity index is 0.000000119. The lowest BCUT2D eigenvalue weighted by atomic mass is 9.69. The fourth-order valence-corrected chi connectivity index (χ4v) is 18.1. The lowest BCUT2D eigenvalue weighted by molar-refractivity contribution is 0.00578. The van der Waals surface area contributed by atoms with Gasteiger partial charge in [0.25, 0.3) is 5.70 Å². The van der Waals surface area contributed by atoms with Gasteiger partial charge in [-0.2, -0.15) is 26.2 Å². The van der Waals surface area contributed by atoms with Gasteiger partial charge in [-0.05, 0) is 208 Å². The third kappa shape index (κ3) is 13.4. The number of halogens is 1. The highest BCUT2D eigenvalue weighted by atomic mass is 79.9. The van der Waals surface area contributed by atoms with E-state index in [-0.39, 0.29) is 40.3 Å². The van der Waals surface area contributed by atoms with E-state index < -0.39 is 0 Å². The number of aromatic nitrogens is 6. The number of hydrogen-bond acceptors (Lipinski definition) is 17. The number of hydrogen-bond donors (Lipinski definition) is 0. The van der Waals surface area contributed by atoms with Crippen LogP contribution in [0.5, 0.6) is 0 Å². The number of benzene rings is 12. The minimum Gasteiger partial charge on any atom is -0.399 e. The zero-order valence-corrected chi connectivity index (χ0v) is 67.7. The zero-order valence-electron chi connectivity index (χ0n) is 63.7. The SMILES string of the molecule is CC1(C)c2ccccc2N(c2ccccc2)c2ccc(-c3ccc(C=O)c4nsnc34)cc21.CC1(C)c2ccccc2N(c2ccccc2)c2ccc(B3OC(C)(C)C(C)(C)O3)cc21.O=Cc1ccc(Br)c2nsnc12.[C-]#[N+]/C(C#N)=C\c1ccc(-c2ccc3c(c2)C(C)(C)c2ccccc2N3c2ccccc2)c2nsnc12. The molecule has 1 fully saturated rings. The topological polar surface area (TPSA) is 168 Å². The van der Waals surface area contributed by atoms with E-state index in [1.807, 2.05) is 42.5 Å². The minimum atomic E-state index is -0.367. The minimum absolute atomic E-state index is 0.0252. The van der Waals surface area contributed by atoms with Crippen molar-refractivity contribution in [1.29, 1.82) is 5.26 Å². The number of fused-ring (bicyclic) bond motifs is 9. The fraction of sp³-hybridized carbons (Fsp3) is 0.161. The second-order valence-corrected chi connectivity index (χ2v) is 33.1. The Morgan fingerprint density at radius 3 is 1.15 bits per heavy atom. The van der Waals surface area contributed by atoms with Gasteiger partial charge in [0.2, 0.25) is 0 Å². The third-order valence-corrected chi connectivity index (χ3v) is 24.7. The summed E-state index contributed by atoms with van der Waals surface area (Å²) in [6, 6.07) is 90.6. The molecule has 7 heterocycles. The van der Waals surface area contributed by atoms with E-state index in [1.54, 1.807) is 18.2 Å². The van der Waals surface area contributed by atoms with Crippen LogP contribution in [0.15, 0.2) is 265 Å². The maximum absolute atomic E-state index is 11.5. The molecule has 4 aliphatic heterocycles. The van der Waals surface area contributed by atoms with Gasteiger partial charge < -0.3 is 24.0 Å². The lowest BCUT2D eigenvalue weighted by Crippen LogP contribution is -2.41. The van der Waals surface area contributed by atoms with Crippen molar-refractivity contribution >= 4 is 167 Å². The van der Waals surface area contributed by atoms with Crippen LogP contribution in [0.25, 0.3) is 66.3 Å². The van der Waals surface area contributed by atoms with Crippen molar-refractivity contribution in [1.82, 2.24) is 26.2 Å². The maximum Gasteiger partial charge on any atom is 0.494 e. The summed E-state index contributed by atoms with van der Waals surface area (Å²) in [5.41, 5.74) is 28.4. The largest absolute Gasteiger partial charge is 0.494 e. The Bertz CT molecular complexity index is 6310. The number of anilines is 9. The van der Waals surface area contributed by atoms with E-state index in [0.717, 1.165) is 125 Å². The molecule has 19 rings (SSSR count). The molecule has 12 aromatic carbocycles. The van der Waals surface area contributed by atoms with Gasteiger partial charge in [-0.1, -0.05) is 193 Å². The molecule has 113 heavy (non-hydrogen) atoms. The Morgan fingerprint density at radius 2 is 0.743 bits per heavy atom. The number of para-hydroxylation sites is 6. The lowest BCUT2D eigenvalue weighted by Gasteiger charge is -2.42. The molecule has 4 aliphatic rings. The summed E-state index contributed by atoms with van der Waals surface area (Å²) in [6.45, 7) is 29.3. The van der Waals surface area contributed by atoms with Crippen molar-refractivity contribution < 1.29 is 18.9 Å². The summed E-state index contributed by atoms with van der Waals surface area (Å²) in [5.74, 6) is 0. The molecular formula is C93H75BBrN11O4S3. The van der Waals surface area contributed by atoms with Crippen LogP contribution in [0, 0.1) is 17.9 Å². The molecular weight excluding hydrogens is 1520 g/mol. The summed E-state index contributed by atoms with van der Waals surface area (Å²) < 4.78 is 39.6. The monoisotopic (exact) mass is 1600 g/mol. The molecule has 0 amide bonds. The molecule has 0 aliphatic carbocycles. The van der Waals surface area contributed by atoms with Gasteiger partial charge in [-0.15, -0.1) is 0 Å². The molecule has 554 valence electrons. The second kappa shape index (κ2) is 29.9. The van der Waals surface area contributed by atoms with Crippen molar-refractivity contribution in [2.75, 3.05) is 14.7 Å². The van der Waals surface area contributed by atoms with Crippen molar-refractivity contribution in [3.63, 3.8) is 0 Å². The van der Waals surface area contributed by atoms with Gasteiger partial charge in [0.15, 0.2) is 12.6 Å². The summed E-state index contributed by atoms with van der Waals surface area (Å²) in [4.78, 5) is 32.3. The Kier molecular flexibility index (Phi) is 19.9. The van der Waals surface area contributed by atoms with Gasteiger partial charge in [0.1, 0.15) is 33.1 Å². The van der Waals surface area contributed by atoms with E-state index >= 15 is 0 Å². The highest BCUT2D eigenvalue weighted by Crippen LogP contribution is 2.56. The van der Waals surface area contributed by atoms with Crippen LogP contribution in [0.1, 0.15) is 129 Å². The van der Waals surface area contributed by atoms with Crippen LogP contribution in [0.2, 0.25) is 0 Å². The van der Waals surface area contributed by atoms with Crippen LogP contribution in [0.3, 0.4) is 0 Å². The highest BCUT2D eigenvalue weighted by molar-refractivity contribution is 9.10. The number of carbonyl (C=O) groups excluding carboxylic acids is 2. The highest BCUT2D eigenvalue weighted by Gasteiger charge is 2.52. The van der Waals surface area contributed by atoms with Crippen LogP contribution in [-0.2, 0) is 25.6 Å². The maximum atomic E-state index is 11.5. The molecule has 0 saturated carbocycles. The standard InChI is InChI=1S/C31H21N5S.C28H21N3OS.C27H30BNO2.C7H3BrN2OS/c1-31(2)25-11-7-8-12-27(25)36(23-9-5-4-6-10-23)28-16-14-20(18-26(28)31)24-15-13-21(17-22(19-32)33-3)29-30(24)35-37-34-29;1-28(2)22-10-6-7-11-24(22)31(20-8-4-3-5-9-20)25-15-13-18(16-23(25)28)21-14-12-19(17-32)26-27(21)30-33-29-26;1-25(2)21-14-10-11-15-23(21)29(20-12-8-7-9-13-20)24-17-16-19(18-22(24)25)28-30-26(3,4)27(5,6)31-28;8-5-2-1-4(3-11)6-7(5)10-12-9-6/h4-18H,1-2H3;3-17H,1-2H3;7-18H,1-6H3;1-3H/b22-17-;;;. The van der Waals surface area contributed by atoms with Gasteiger partial charge in [-0.25, -0.2) is 10.1 Å². The molecule has 20 heteroatoms. The van der Waals surface area contributed by atoms with Crippen LogP contribution in [-0.4, -0.2) is 57.1 Å². The predicted octanol–water partition coefficient (Wildman–Crippen LogP) is 23.9. The van der Waals surface area contributed by atoms with Crippen molar-refractivity contribution in [3.8, 4) is 28.3 Å². The summed E-state index contributed by atoms with van der Waals surface area (Å²) >= 11 is 6.71. The number of aldehydes is 2. The Hall–Kier alpha value is -12.0. The molecule has 0 atom stereocenters. The van der Waals surface area contributed by atoms with Gasteiger partial charge in [-0.3, -0.25) is 9.59 Å². The molecule has 0 radical (unpaired) electrons. The Labute approximate surface area is 678 Å².